The number of aliphatic imine (C=N–C) groups is 2. The van der Waals surface area contributed by atoms with Crippen molar-refractivity contribution in [3.63, 3.8) is 0 Å². The summed E-state index contributed by atoms with van der Waals surface area (Å²) in [5, 5.41) is 23.2. The van der Waals surface area contributed by atoms with E-state index in [4.69, 9.17) is 11.6 Å². The third-order valence-electron chi connectivity index (χ3n) is 4.62. The van der Waals surface area contributed by atoms with E-state index in [-0.39, 0.29) is 5.75 Å². The number of amidine groups is 2. The minimum absolute atomic E-state index is 0.0755. The summed E-state index contributed by atoms with van der Waals surface area (Å²) >= 11 is 5.96. The molecule has 0 saturated carbocycles. The van der Waals surface area contributed by atoms with Crippen molar-refractivity contribution >= 4 is 40.9 Å². The number of aromatic hydroxyl groups is 1. The first-order chi connectivity index (χ1) is 15.4. The molecule has 0 radical (unpaired) electrons. The molecule has 1 heterocycles. The van der Waals surface area contributed by atoms with Crippen LogP contribution in [-0.4, -0.2) is 41.0 Å². The second kappa shape index (κ2) is 11.2. The largest absolute Gasteiger partial charge is 0.507 e. The van der Waals surface area contributed by atoms with Crippen LogP contribution in [0.2, 0.25) is 5.02 Å². The van der Waals surface area contributed by atoms with Crippen molar-refractivity contribution in [3.05, 3.63) is 65.5 Å². The van der Waals surface area contributed by atoms with Crippen LogP contribution in [0.3, 0.4) is 0 Å². The molecule has 0 aromatic heterocycles. The van der Waals surface area contributed by atoms with Crippen molar-refractivity contribution in [1.29, 1.82) is 0 Å². The monoisotopic (exact) mass is 451 g/mol. The summed E-state index contributed by atoms with van der Waals surface area (Å²) in [6, 6.07) is 12.0. The molecule has 3 rings (SSSR count). The zero-order chi connectivity index (χ0) is 22.9. The van der Waals surface area contributed by atoms with E-state index >= 15 is 0 Å². The predicted molar refractivity (Wildman–Crippen MR) is 131 cm³/mol. The number of hydrazone groups is 1. The number of rotatable bonds is 6. The molecule has 166 valence electrons. The maximum absolute atomic E-state index is 10.1. The van der Waals surface area contributed by atoms with Crippen molar-refractivity contribution in [2.45, 2.75) is 26.7 Å². The lowest BCUT2D eigenvalue weighted by Crippen LogP contribution is -2.18. The van der Waals surface area contributed by atoms with Gasteiger partial charge in [-0.15, -0.1) is 0 Å². The smallest absolute Gasteiger partial charge is 0.129 e. The first-order valence-corrected chi connectivity index (χ1v) is 10.6. The molecule has 0 unspecified atom stereocenters. The van der Waals surface area contributed by atoms with Crippen molar-refractivity contribution in [2.24, 2.45) is 25.3 Å². The van der Waals surface area contributed by atoms with Crippen LogP contribution < -0.4 is 5.43 Å². The SMILES string of the molecule is C=C(/N=C(C)\N=C(/C)N/N=C/c1cc(/N=N/c2cccc(Cl)c2)ccc1O)N1CCCC1. The standard InChI is InChI=1S/C23H26ClN7O/c1-16(27-18(3)31-11-4-5-12-31)26-17(2)28-25-15-19-13-22(9-10-23(19)32)30-29-21-8-6-7-20(24)14-21/h6-10,13-15,32H,3-5,11-12H2,1-2H3,(H,26,27,28)/b25-15+,30-29+. The highest BCUT2D eigenvalue weighted by Crippen LogP contribution is 2.25. The quantitative estimate of drug-likeness (QED) is 0.252. The minimum atomic E-state index is 0.0755. The van der Waals surface area contributed by atoms with Gasteiger partial charge in [0.15, 0.2) is 0 Å². The number of hydrogen-bond acceptors (Lipinski definition) is 6. The van der Waals surface area contributed by atoms with Gasteiger partial charge in [-0.2, -0.15) is 15.3 Å². The van der Waals surface area contributed by atoms with E-state index in [1.165, 1.54) is 25.1 Å². The second-order valence-corrected chi connectivity index (χ2v) is 7.70. The lowest BCUT2D eigenvalue weighted by molar-refractivity contribution is 0.424. The van der Waals surface area contributed by atoms with Gasteiger partial charge in [0.05, 0.1) is 17.6 Å². The Morgan fingerprint density at radius 3 is 2.50 bits per heavy atom. The van der Waals surface area contributed by atoms with Crippen molar-refractivity contribution < 1.29 is 5.11 Å². The maximum atomic E-state index is 10.1. The van der Waals surface area contributed by atoms with Crippen LogP contribution in [0.25, 0.3) is 0 Å². The molecule has 0 bridgehead atoms. The summed E-state index contributed by atoms with van der Waals surface area (Å²) in [5.41, 5.74) is 4.52. The van der Waals surface area contributed by atoms with Crippen LogP contribution in [0.4, 0.5) is 11.4 Å². The van der Waals surface area contributed by atoms with Crippen molar-refractivity contribution in [1.82, 2.24) is 10.3 Å². The molecule has 1 aliphatic rings. The number of benzene rings is 2. The molecule has 2 N–H and O–H groups in total. The molecule has 32 heavy (non-hydrogen) atoms. The summed E-state index contributed by atoms with van der Waals surface area (Å²) < 4.78 is 0. The van der Waals surface area contributed by atoms with Crippen LogP contribution in [0.15, 0.2) is 80.2 Å². The van der Waals surface area contributed by atoms with E-state index in [1.807, 2.05) is 6.92 Å². The summed E-state index contributed by atoms with van der Waals surface area (Å²) in [6.45, 7) is 9.59. The highest BCUT2D eigenvalue weighted by atomic mass is 35.5. The van der Waals surface area contributed by atoms with Gasteiger partial charge < -0.3 is 10.0 Å². The molecule has 8 nitrogen and oxygen atoms in total. The molecule has 0 aliphatic carbocycles. The van der Waals surface area contributed by atoms with Crippen LogP contribution >= 0.6 is 11.6 Å². The van der Waals surface area contributed by atoms with E-state index in [9.17, 15) is 5.11 Å². The lowest BCUT2D eigenvalue weighted by atomic mass is 10.2. The molecule has 1 saturated heterocycles. The molecule has 2 aromatic rings. The highest BCUT2D eigenvalue weighted by molar-refractivity contribution is 6.30. The fraction of sp³-hybridized carbons (Fsp3) is 0.261. The van der Waals surface area contributed by atoms with Crippen LogP contribution in [0.1, 0.15) is 32.3 Å². The van der Waals surface area contributed by atoms with Gasteiger partial charge in [0.1, 0.15) is 23.2 Å². The average Bonchev–Trinajstić information content (AvgIpc) is 3.29. The summed E-state index contributed by atoms with van der Waals surface area (Å²) in [5.74, 6) is 1.96. The fourth-order valence-electron chi connectivity index (χ4n) is 3.08. The molecule has 2 aromatic carbocycles. The van der Waals surface area contributed by atoms with Crippen LogP contribution in [-0.2, 0) is 0 Å². The Labute approximate surface area is 192 Å². The van der Waals surface area contributed by atoms with Gasteiger partial charge in [0, 0.05) is 23.7 Å². The maximum Gasteiger partial charge on any atom is 0.129 e. The third kappa shape index (κ3) is 7.02. The lowest BCUT2D eigenvalue weighted by Gasteiger charge is -2.16. The zero-order valence-electron chi connectivity index (χ0n) is 18.2. The first kappa shape index (κ1) is 23.1. The Morgan fingerprint density at radius 2 is 1.78 bits per heavy atom. The Kier molecular flexibility index (Phi) is 8.10. The summed E-state index contributed by atoms with van der Waals surface area (Å²) in [4.78, 5) is 11.0. The minimum Gasteiger partial charge on any atom is -0.507 e. The number of likely N-dealkylation sites (tertiary alicyclic amines) is 1. The van der Waals surface area contributed by atoms with Crippen LogP contribution in [0.5, 0.6) is 5.75 Å². The van der Waals surface area contributed by atoms with Gasteiger partial charge in [-0.1, -0.05) is 24.2 Å². The van der Waals surface area contributed by atoms with Crippen molar-refractivity contribution in [2.75, 3.05) is 13.1 Å². The van der Waals surface area contributed by atoms with E-state index in [0.29, 0.717) is 33.6 Å². The number of phenols is 1. The highest BCUT2D eigenvalue weighted by Gasteiger charge is 2.12. The average molecular weight is 452 g/mol. The predicted octanol–water partition coefficient (Wildman–Crippen LogP) is 5.79. The van der Waals surface area contributed by atoms with Gasteiger partial charge in [-0.05, 0) is 63.1 Å². The van der Waals surface area contributed by atoms with E-state index in [0.717, 1.165) is 18.9 Å². The Balaban J connectivity index is 1.62. The second-order valence-electron chi connectivity index (χ2n) is 7.26. The van der Waals surface area contributed by atoms with Gasteiger partial charge >= 0.3 is 0 Å². The van der Waals surface area contributed by atoms with Crippen molar-refractivity contribution in [3.8, 4) is 5.75 Å². The number of halogens is 1. The summed E-state index contributed by atoms with van der Waals surface area (Å²) in [6.07, 6.45) is 3.83. The normalized spacial score (nSPS) is 15.2. The zero-order valence-corrected chi connectivity index (χ0v) is 18.9. The van der Waals surface area contributed by atoms with Gasteiger partial charge in [0.2, 0.25) is 0 Å². The molecule has 0 atom stereocenters. The number of nitrogens with zero attached hydrogens (tertiary/aromatic N) is 6. The fourth-order valence-corrected chi connectivity index (χ4v) is 3.27. The summed E-state index contributed by atoms with van der Waals surface area (Å²) in [7, 11) is 0. The van der Waals surface area contributed by atoms with E-state index < -0.39 is 0 Å². The third-order valence-corrected chi connectivity index (χ3v) is 4.86. The number of nitrogens with one attached hydrogen (secondary N) is 1. The molecule has 0 spiro atoms. The number of hydrogen-bond donors (Lipinski definition) is 2. The Morgan fingerprint density at radius 1 is 1.06 bits per heavy atom. The molecular formula is C23H26ClN7O. The molecule has 1 aliphatic heterocycles. The van der Waals surface area contributed by atoms with Gasteiger partial charge in [-0.3, -0.25) is 5.43 Å². The Hall–Kier alpha value is -3.52. The van der Waals surface area contributed by atoms with Gasteiger partial charge in [-0.25, -0.2) is 9.98 Å². The molecule has 9 heteroatoms. The Bertz CT molecular complexity index is 1090. The van der Waals surface area contributed by atoms with E-state index in [2.05, 4.69) is 42.2 Å². The van der Waals surface area contributed by atoms with Crippen LogP contribution in [0, 0.1) is 0 Å². The first-order valence-electron chi connectivity index (χ1n) is 10.2. The molecular weight excluding hydrogens is 426 g/mol. The van der Waals surface area contributed by atoms with Gasteiger partial charge in [0.25, 0.3) is 0 Å². The topological polar surface area (TPSA) is 97.3 Å². The number of azo groups is 1. The number of phenolic OH excluding ortho intramolecular Hbond substituents is 1. The molecule has 1 fully saturated rings. The molecule has 0 amide bonds. The van der Waals surface area contributed by atoms with E-state index in [1.54, 1.807) is 43.3 Å².